The largest absolute Gasteiger partial charge is 0.317 e. The molecule has 0 saturated heterocycles. The number of rotatable bonds is 11. The van der Waals surface area contributed by atoms with Gasteiger partial charge in [-0.15, -0.1) is 0 Å². The fourth-order valence-corrected chi connectivity index (χ4v) is 2.91. The van der Waals surface area contributed by atoms with Gasteiger partial charge in [-0.05, 0) is 50.4 Å². The molecule has 0 bridgehead atoms. The first-order valence-electron chi connectivity index (χ1n) is 8.90. The van der Waals surface area contributed by atoms with E-state index in [1.165, 1.54) is 68.1 Å². The Balaban J connectivity index is 2.23. The van der Waals surface area contributed by atoms with Gasteiger partial charge < -0.3 is 5.32 Å². The number of benzene rings is 1. The van der Waals surface area contributed by atoms with E-state index in [0.717, 1.165) is 6.42 Å². The topological polar surface area (TPSA) is 12.0 Å². The fraction of sp³-hybridized carbons (Fsp3) is 0.700. The summed E-state index contributed by atoms with van der Waals surface area (Å²) >= 11 is 0. The van der Waals surface area contributed by atoms with E-state index < -0.39 is 0 Å². The molecular formula is C20H35N. The summed E-state index contributed by atoms with van der Waals surface area (Å²) in [6, 6.07) is 7.52. The van der Waals surface area contributed by atoms with Crippen LogP contribution in [0.3, 0.4) is 0 Å². The highest BCUT2D eigenvalue weighted by Gasteiger charge is 2.07. The number of likely N-dealkylation sites (N-methyl/N-ethyl adjacent to an activating group) is 1. The first-order valence-corrected chi connectivity index (χ1v) is 8.90. The van der Waals surface area contributed by atoms with Gasteiger partial charge in [0.15, 0.2) is 0 Å². The van der Waals surface area contributed by atoms with Crippen LogP contribution in [0.5, 0.6) is 0 Å². The Morgan fingerprint density at radius 2 is 1.57 bits per heavy atom. The zero-order valence-electron chi connectivity index (χ0n) is 14.7. The van der Waals surface area contributed by atoms with E-state index in [-0.39, 0.29) is 0 Å². The molecule has 1 aromatic carbocycles. The van der Waals surface area contributed by atoms with Gasteiger partial charge in [-0.1, -0.05) is 70.1 Å². The molecule has 21 heavy (non-hydrogen) atoms. The maximum atomic E-state index is 3.50. The quantitative estimate of drug-likeness (QED) is 0.525. The van der Waals surface area contributed by atoms with Crippen molar-refractivity contribution in [3.05, 3.63) is 34.9 Å². The first-order chi connectivity index (χ1) is 10.2. The van der Waals surface area contributed by atoms with Crippen molar-refractivity contribution in [2.24, 2.45) is 0 Å². The van der Waals surface area contributed by atoms with E-state index >= 15 is 0 Å². The average Bonchev–Trinajstić information content (AvgIpc) is 2.48. The van der Waals surface area contributed by atoms with Crippen molar-refractivity contribution < 1.29 is 0 Å². The third kappa shape index (κ3) is 7.66. The predicted octanol–water partition coefficient (Wildman–Crippen LogP) is 5.57. The molecule has 0 radical (unpaired) electrons. The highest BCUT2D eigenvalue weighted by molar-refractivity contribution is 5.30. The van der Waals surface area contributed by atoms with Crippen molar-refractivity contribution >= 4 is 0 Å². The predicted molar refractivity (Wildman–Crippen MR) is 95.1 cm³/mol. The van der Waals surface area contributed by atoms with Crippen LogP contribution in [0.2, 0.25) is 0 Å². The zero-order valence-corrected chi connectivity index (χ0v) is 14.7. The van der Waals surface area contributed by atoms with E-state index in [4.69, 9.17) is 0 Å². The third-order valence-electron chi connectivity index (χ3n) is 4.62. The lowest BCUT2D eigenvalue weighted by Crippen LogP contribution is -2.27. The van der Waals surface area contributed by atoms with Crippen LogP contribution < -0.4 is 5.32 Å². The summed E-state index contributed by atoms with van der Waals surface area (Å²) in [5.74, 6) is 0. The monoisotopic (exact) mass is 289 g/mol. The molecule has 1 heteroatoms. The Kier molecular flexibility index (Phi) is 9.41. The number of hydrogen-bond donors (Lipinski definition) is 1. The second-order valence-corrected chi connectivity index (χ2v) is 6.52. The van der Waals surface area contributed by atoms with Crippen LogP contribution in [0, 0.1) is 13.8 Å². The summed E-state index contributed by atoms with van der Waals surface area (Å²) in [6.07, 6.45) is 12.2. The van der Waals surface area contributed by atoms with Gasteiger partial charge in [0.25, 0.3) is 0 Å². The third-order valence-corrected chi connectivity index (χ3v) is 4.62. The Morgan fingerprint density at radius 3 is 2.19 bits per heavy atom. The molecule has 0 saturated carbocycles. The van der Waals surface area contributed by atoms with Gasteiger partial charge in [-0.2, -0.15) is 0 Å². The molecule has 1 aromatic rings. The smallest absolute Gasteiger partial charge is 0.0104 e. The maximum absolute atomic E-state index is 3.50. The lowest BCUT2D eigenvalue weighted by atomic mass is 9.97. The molecule has 120 valence electrons. The summed E-state index contributed by atoms with van der Waals surface area (Å²) < 4.78 is 0. The lowest BCUT2D eigenvalue weighted by Gasteiger charge is -2.17. The molecule has 1 N–H and O–H groups in total. The molecule has 0 aliphatic carbocycles. The number of hydrogen-bond acceptors (Lipinski definition) is 1. The highest BCUT2D eigenvalue weighted by atomic mass is 14.9. The van der Waals surface area contributed by atoms with Crippen molar-refractivity contribution in [2.45, 2.75) is 84.6 Å². The number of unbranched alkanes of at least 4 members (excludes halogenated alkanes) is 6. The number of nitrogens with one attached hydrogen (secondary N) is 1. The van der Waals surface area contributed by atoms with Crippen LogP contribution in [-0.2, 0) is 6.42 Å². The van der Waals surface area contributed by atoms with Gasteiger partial charge in [0.05, 0.1) is 0 Å². The molecule has 1 unspecified atom stereocenters. The molecular weight excluding hydrogens is 254 g/mol. The maximum Gasteiger partial charge on any atom is 0.0104 e. The summed E-state index contributed by atoms with van der Waals surface area (Å²) in [4.78, 5) is 0. The highest BCUT2D eigenvalue weighted by Crippen LogP contribution is 2.15. The Hall–Kier alpha value is -0.820. The molecule has 0 heterocycles. The van der Waals surface area contributed by atoms with E-state index in [0.29, 0.717) is 6.04 Å². The Morgan fingerprint density at radius 1 is 0.905 bits per heavy atom. The van der Waals surface area contributed by atoms with Crippen molar-refractivity contribution in [3.8, 4) is 0 Å². The standard InChI is InChI=1S/C20H35N/c1-5-6-7-8-9-10-11-12-20(21-4)16-19-14-13-17(2)18(3)15-19/h13-15,20-21H,5-12,16H2,1-4H3. The van der Waals surface area contributed by atoms with E-state index in [2.05, 4.69) is 51.3 Å². The fourth-order valence-electron chi connectivity index (χ4n) is 2.91. The summed E-state index contributed by atoms with van der Waals surface area (Å²) in [5, 5.41) is 3.50. The van der Waals surface area contributed by atoms with Crippen LogP contribution in [0.25, 0.3) is 0 Å². The van der Waals surface area contributed by atoms with Gasteiger partial charge in [0.1, 0.15) is 0 Å². The number of aryl methyl sites for hydroxylation is 2. The molecule has 0 amide bonds. The van der Waals surface area contributed by atoms with Crippen LogP contribution in [-0.4, -0.2) is 13.1 Å². The van der Waals surface area contributed by atoms with Crippen molar-refractivity contribution in [3.63, 3.8) is 0 Å². The minimum absolute atomic E-state index is 0.628. The van der Waals surface area contributed by atoms with Gasteiger partial charge in [0, 0.05) is 6.04 Å². The second kappa shape index (κ2) is 10.8. The van der Waals surface area contributed by atoms with Gasteiger partial charge in [-0.25, -0.2) is 0 Å². The summed E-state index contributed by atoms with van der Waals surface area (Å²) in [7, 11) is 2.10. The van der Waals surface area contributed by atoms with E-state index in [9.17, 15) is 0 Å². The molecule has 1 nitrogen and oxygen atoms in total. The van der Waals surface area contributed by atoms with E-state index in [1.807, 2.05) is 0 Å². The van der Waals surface area contributed by atoms with Gasteiger partial charge >= 0.3 is 0 Å². The van der Waals surface area contributed by atoms with Crippen LogP contribution in [0.15, 0.2) is 18.2 Å². The minimum atomic E-state index is 0.628. The normalized spacial score (nSPS) is 12.6. The summed E-state index contributed by atoms with van der Waals surface area (Å²) in [6.45, 7) is 6.68. The summed E-state index contributed by atoms with van der Waals surface area (Å²) in [5.41, 5.74) is 4.28. The molecule has 1 rings (SSSR count). The molecule has 0 aromatic heterocycles. The van der Waals surface area contributed by atoms with Crippen molar-refractivity contribution in [2.75, 3.05) is 7.05 Å². The molecule has 0 aliphatic heterocycles. The Bertz CT molecular complexity index is 383. The van der Waals surface area contributed by atoms with Gasteiger partial charge in [-0.3, -0.25) is 0 Å². The second-order valence-electron chi connectivity index (χ2n) is 6.52. The molecule has 0 aliphatic rings. The lowest BCUT2D eigenvalue weighted by molar-refractivity contribution is 0.478. The molecule has 1 atom stereocenters. The van der Waals surface area contributed by atoms with Crippen LogP contribution in [0.1, 0.15) is 75.0 Å². The SMILES string of the molecule is CCCCCCCCCC(Cc1ccc(C)c(C)c1)NC. The average molecular weight is 290 g/mol. The minimum Gasteiger partial charge on any atom is -0.317 e. The molecule has 0 spiro atoms. The first kappa shape index (κ1) is 18.2. The zero-order chi connectivity index (χ0) is 15.5. The molecule has 0 fully saturated rings. The van der Waals surface area contributed by atoms with Crippen molar-refractivity contribution in [1.29, 1.82) is 0 Å². The Labute approximate surface area is 132 Å². The van der Waals surface area contributed by atoms with Crippen LogP contribution >= 0.6 is 0 Å². The van der Waals surface area contributed by atoms with E-state index in [1.54, 1.807) is 0 Å². The van der Waals surface area contributed by atoms with Crippen molar-refractivity contribution in [1.82, 2.24) is 5.32 Å². The van der Waals surface area contributed by atoms with Crippen LogP contribution in [0.4, 0.5) is 0 Å². The van der Waals surface area contributed by atoms with Gasteiger partial charge in [0.2, 0.25) is 0 Å².